The van der Waals surface area contributed by atoms with Crippen molar-refractivity contribution in [1.29, 1.82) is 0 Å². The monoisotopic (exact) mass is 151 g/mol. The summed E-state index contributed by atoms with van der Waals surface area (Å²) in [6.45, 7) is -0.668. The zero-order chi connectivity index (χ0) is 7.49. The van der Waals surface area contributed by atoms with Gasteiger partial charge >= 0.3 is 0 Å². The Morgan fingerprint density at radius 3 is 2.22 bits per heavy atom. The standard InChI is InChI=1S/C4H9NO3S/c1-9(2,8)5-4(7)3-6/h6H,3H2,1-2H3. The first-order chi connectivity index (χ1) is 3.95. The summed E-state index contributed by atoms with van der Waals surface area (Å²) in [7, 11) is -2.37. The number of hydrogen-bond donors (Lipinski definition) is 1. The fourth-order valence-electron chi connectivity index (χ4n) is 0.274. The minimum atomic E-state index is -2.37. The molecule has 0 rings (SSSR count). The Morgan fingerprint density at radius 1 is 1.67 bits per heavy atom. The lowest BCUT2D eigenvalue weighted by Gasteiger charge is -1.89. The highest BCUT2D eigenvalue weighted by Gasteiger charge is 1.96. The van der Waals surface area contributed by atoms with E-state index in [9.17, 15) is 9.00 Å². The topological polar surface area (TPSA) is 66.7 Å². The molecule has 0 saturated heterocycles. The second-order valence-corrected chi connectivity index (χ2v) is 4.37. The van der Waals surface area contributed by atoms with Gasteiger partial charge in [0.05, 0.1) is 0 Å². The number of carbonyl (C=O) groups excluding carboxylic acids is 1. The molecular formula is C4H9NO3S. The van der Waals surface area contributed by atoms with Gasteiger partial charge in [0.1, 0.15) is 6.61 Å². The highest BCUT2D eigenvalue weighted by atomic mass is 32.2. The second kappa shape index (κ2) is 2.93. The third-order valence-electron chi connectivity index (χ3n) is 0.457. The summed E-state index contributed by atoms with van der Waals surface area (Å²) in [5.41, 5.74) is 0. The van der Waals surface area contributed by atoms with Gasteiger partial charge in [0.15, 0.2) is 0 Å². The average molecular weight is 151 g/mol. The van der Waals surface area contributed by atoms with Gasteiger partial charge in [-0.1, -0.05) is 0 Å². The van der Waals surface area contributed by atoms with E-state index in [-0.39, 0.29) is 0 Å². The molecule has 0 fully saturated rings. The molecule has 0 aliphatic heterocycles. The molecule has 0 radical (unpaired) electrons. The Hall–Kier alpha value is -0.420. The smallest absolute Gasteiger partial charge is 0.279 e. The number of amides is 1. The highest BCUT2D eigenvalue weighted by molar-refractivity contribution is 7.92. The largest absolute Gasteiger partial charge is 0.386 e. The van der Waals surface area contributed by atoms with E-state index in [0.717, 1.165) is 0 Å². The molecule has 0 atom stereocenters. The lowest BCUT2D eigenvalue weighted by Crippen LogP contribution is -2.03. The minimum Gasteiger partial charge on any atom is -0.386 e. The van der Waals surface area contributed by atoms with Gasteiger partial charge < -0.3 is 5.11 Å². The van der Waals surface area contributed by atoms with Crippen molar-refractivity contribution in [3.8, 4) is 0 Å². The Balaban J connectivity index is 4.33. The Labute approximate surface area is 54.1 Å². The maximum atomic E-state index is 10.7. The number of rotatable bonds is 1. The lowest BCUT2D eigenvalue weighted by molar-refractivity contribution is -0.120. The maximum absolute atomic E-state index is 10.7. The maximum Gasteiger partial charge on any atom is 0.279 e. The van der Waals surface area contributed by atoms with Gasteiger partial charge in [-0.15, -0.1) is 0 Å². The van der Waals surface area contributed by atoms with Gasteiger partial charge in [0.2, 0.25) is 0 Å². The molecule has 9 heavy (non-hydrogen) atoms. The van der Waals surface area contributed by atoms with Gasteiger partial charge in [0.25, 0.3) is 5.91 Å². The predicted octanol–water partition coefficient (Wildman–Crippen LogP) is -0.767. The average Bonchev–Trinajstić information content (AvgIpc) is 1.62. The zero-order valence-corrected chi connectivity index (χ0v) is 6.14. The van der Waals surface area contributed by atoms with Crippen LogP contribution in [-0.4, -0.2) is 34.3 Å². The number of aliphatic hydroxyl groups excluding tert-OH is 1. The fourth-order valence-corrected chi connectivity index (χ4v) is 0.822. The zero-order valence-electron chi connectivity index (χ0n) is 5.33. The van der Waals surface area contributed by atoms with Crippen LogP contribution >= 0.6 is 0 Å². The van der Waals surface area contributed by atoms with Crippen LogP contribution in [0.15, 0.2) is 4.36 Å². The van der Waals surface area contributed by atoms with Crippen molar-refractivity contribution in [3.63, 3.8) is 0 Å². The van der Waals surface area contributed by atoms with Crippen LogP contribution in [0.1, 0.15) is 0 Å². The van der Waals surface area contributed by atoms with E-state index in [1.165, 1.54) is 12.5 Å². The molecule has 5 heteroatoms. The third-order valence-corrected chi connectivity index (χ3v) is 1.10. The van der Waals surface area contributed by atoms with E-state index >= 15 is 0 Å². The molecule has 0 unspecified atom stereocenters. The molecule has 1 amide bonds. The molecule has 0 aliphatic rings. The molecule has 4 nitrogen and oxygen atoms in total. The normalized spacial score (nSPS) is 11.0. The highest BCUT2D eigenvalue weighted by Crippen LogP contribution is 1.83. The first-order valence-electron chi connectivity index (χ1n) is 2.26. The molecule has 0 aromatic carbocycles. The van der Waals surface area contributed by atoms with Crippen molar-refractivity contribution in [2.24, 2.45) is 4.36 Å². The van der Waals surface area contributed by atoms with Crippen LogP contribution in [0.2, 0.25) is 0 Å². The van der Waals surface area contributed by atoms with Crippen LogP contribution in [0.3, 0.4) is 0 Å². The van der Waals surface area contributed by atoms with Crippen LogP contribution in [-0.2, 0) is 14.5 Å². The van der Waals surface area contributed by atoms with Gasteiger partial charge in [-0.25, -0.2) is 4.21 Å². The van der Waals surface area contributed by atoms with Crippen molar-refractivity contribution >= 4 is 15.6 Å². The van der Waals surface area contributed by atoms with Gasteiger partial charge in [-0.3, -0.25) is 4.79 Å². The summed E-state index contributed by atoms with van der Waals surface area (Å²) in [5.74, 6) is -0.731. The SMILES string of the molecule is CS(C)(=O)=NC(=O)CO. The van der Waals surface area contributed by atoms with Crippen molar-refractivity contribution in [2.75, 3.05) is 19.1 Å². The summed E-state index contributed by atoms with van der Waals surface area (Å²) < 4.78 is 13.8. The van der Waals surface area contributed by atoms with Crippen LogP contribution in [0.5, 0.6) is 0 Å². The predicted molar refractivity (Wildman–Crippen MR) is 34.5 cm³/mol. The molecule has 0 heterocycles. The molecule has 0 aromatic rings. The molecule has 0 aliphatic carbocycles. The quantitative estimate of drug-likeness (QED) is 0.535. The first kappa shape index (κ1) is 8.58. The van der Waals surface area contributed by atoms with Crippen LogP contribution in [0, 0.1) is 0 Å². The lowest BCUT2D eigenvalue weighted by atomic mass is 10.7. The number of hydrogen-bond acceptors (Lipinski definition) is 3. The molecule has 0 bridgehead atoms. The van der Waals surface area contributed by atoms with Gasteiger partial charge in [-0.05, 0) is 0 Å². The number of carbonyl (C=O) groups is 1. The van der Waals surface area contributed by atoms with Crippen LogP contribution in [0.4, 0.5) is 0 Å². The first-order valence-corrected chi connectivity index (χ1v) is 4.59. The molecular weight excluding hydrogens is 142 g/mol. The second-order valence-electron chi connectivity index (χ2n) is 1.82. The van der Waals surface area contributed by atoms with Crippen molar-refractivity contribution in [1.82, 2.24) is 0 Å². The van der Waals surface area contributed by atoms with Crippen LogP contribution < -0.4 is 0 Å². The Kier molecular flexibility index (Phi) is 2.80. The summed E-state index contributed by atoms with van der Waals surface area (Å²) >= 11 is 0. The van der Waals surface area contributed by atoms with Gasteiger partial charge in [-0.2, -0.15) is 4.36 Å². The van der Waals surface area contributed by atoms with Crippen LogP contribution in [0.25, 0.3) is 0 Å². The molecule has 1 N–H and O–H groups in total. The fraction of sp³-hybridized carbons (Fsp3) is 0.750. The summed E-state index contributed by atoms with van der Waals surface area (Å²) in [6, 6.07) is 0. The van der Waals surface area contributed by atoms with Crippen molar-refractivity contribution < 1.29 is 14.1 Å². The molecule has 0 spiro atoms. The Bertz CT molecular complexity index is 206. The van der Waals surface area contributed by atoms with E-state index in [4.69, 9.17) is 5.11 Å². The number of nitrogens with zero attached hydrogens (tertiary/aromatic N) is 1. The van der Waals surface area contributed by atoms with Gasteiger partial charge in [0, 0.05) is 22.2 Å². The van der Waals surface area contributed by atoms with E-state index in [0.29, 0.717) is 0 Å². The van der Waals surface area contributed by atoms with Crippen molar-refractivity contribution in [2.45, 2.75) is 0 Å². The minimum absolute atomic E-state index is 0.668. The third kappa shape index (κ3) is 5.45. The van der Waals surface area contributed by atoms with E-state index in [1.54, 1.807) is 0 Å². The molecule has 0 saturated carbocycles. The number of aliphatic hydroxyl groups is 1. The van der Waals surface area contributed by atoms with E-state index in [1.807, 2.05) is 0 Å². The van der Waals surface area contributed by atoms with E-state index < -0.39 is 22.2 Å². The summed E-state index contributed by atoms with van der Waals surface area (Å²) in [4.78, 5) is 10.2. The summed E-state index contributed by atoms with van der Waals surface area (Å²) in [5, 5.41) is 8.13. The molecule has 0 aromatic heterocycles. The summed E-state index contributed by atoms with van der Waals surface area (Å²) in [6.07, 6.45) is 2.67. The Morgan fingerprint density at radius 2 is 2.11 bits per heavy atom. The van der Waals surface area contributed by atoms with E-state index in [2.05, 4.69) is 4.36 Å². The molecule has 54 valence electrons. The van der Waals surface area contributed by atoms with Crippen molar-refractivity contribution in [3.05, 3.63) is 0 Å².